The van der Waals surface area contributed by atoms with Gasteiger partial charge in [-0.2, -0.15) is 0 Å². The zero-order valence-corrected chi connectivity index (χ0v) is 17.3. The minimum atomic E-state index is -0.492. The van der Waals surface area contributed by atoms with Gasteiger partial charge in [0.1, 0.15) is 6.54 Å². The summed E-state index contributed by atoms with van der Waals surface area (Å²) >= 11 is 1.63. The van der Waals surface area contributed by atoms with Gasteiger partial charge in [0.05, 0.1) is 6.54 Å². The molecule has 0 saturated carbocycles. The standard InChI is InChI=1S/C23H21N3O3S/c1-24(14-18-16-30-20-10-6-5-9-19(18)20)22(28)15-26-21(27)11-12-25(23(26)29)13-17-7-3-2-4-8-17/h2-12,16H,13-15H2,1H3. The molecule has 0 aliphatic heterocycles. The number of carbonyl (C=O) groups is 1. The highest BCUT2D eigenvalue weighted by Gasteiger charge is 2.15. The number of aromatic nitrogens is 2. The molecule has 7 heteroatoms. The fraction of sp³-hybridized carbons (Fsp3) is 0.174. The summed E-state index contributed by atoms with van der Waals surface area (Å²) in [6, 6.07) is 18.9. The Kier molecular flexibility index (Phi) is 5.63. The van der Waals surface area contributed by atoms with Gasteiger partial charge < -0.3 is 4.90 Å². The van der Waals surface area contributed by atoms with E-state index >= 15 is 0 Å². The van der Waals surface area contributed by atoms with Crippen molar-refractivity contribution in [3.8, 4) is 0 Å². The highest BCUT2D eigenvalue weighted by molar-refractivity contribution is 7.17. The third kappa shape index (κ3) is 4.11. The van der Waals surface area contributed by atoms with Gasteiger partial charge in [0.2, 0.25) is 5.91 Å². The molecular weight excluding hydrogens is 398 g/mol. The third-order valence-electron chi connectivity index (χ3n) is 5.02. The Morgan fingerprint density at radius 1 is 1.00 bits per heavy atom. The number of nitrogens with zero attached hydrogens (tertiary/aromatic N) is 3. The van der Waals surface area contributed by atoms with Gasteiger partial charge in [-0.3, -0.25) is 18.7 Å². The average Bonchev–Trinajstić information content (AvgIpc) is 3.16. The molecule has 0 saturated heterocycles. The SMILES string of the molecule is CN(Cc1csc2ccccc12)C(=O)Cn1c(=O)ccn(Cc2ccccc2)c1=O. The first-order chi connectivity index (χ1) is 14.5. The smallest absolute Gasteiger partial charge is 0.331 e. The Bertz CT molecular complexity index is 1300. The first-order valence-electron chi connectivity index (χ1n) is 9.56. The molecule has 0 fully saturated rings. The summed E-state index contributed by atoms with van der Waals surface area (Å²) < 4.78 is 3.60. The largest absolute Gasteiger partial charge is 0.340 e. The van der Waals surface area contributed by atoms with Gasteiger partial charge in [-0.25, -0.2) is 4.79 Å². The summed E-state index contributed by atoms with van der Waals surface area (Å²) in [4.78, 5) is 39.4. The van der Waals surface area contributed by atoms with Crippen molar-refractivity contribution in [3.05, 3.63) is 104 Å². The summed E-state index contributed by atoms with van der Waals surface area (Å²) in [5, 5.41) is 3.15. The van der Waals surface area contributed by atoms with Crippen molar-refractivity contribution in [1.82, 2.24) is 14.0 Å². The van der Waals surface area contributed by atoms with Crippen molar-refractivity contribution < 1.29 is 4.79 Å². The minimum absolute atomic E-state index is 0.286. The maximum atomic E-state index is 12.8. The van der Waals surface area contributed by atoms with E-state index in [1.54, 1.807) is 23.3 Å². The Morgan fingerprint density at radius 2 is 1.73 bits per heavy atom. The Balaban J connectivity index is 1.53. The van der Waals surface area contributed by atoms with Crippen LogP contribution < -0.4 is 11.2 Å². The van der Waals surface area contributed by atoms with Crippen molar-refractivity contribution in [2.75, 3.05) is 7.05 Å². The molecule has 0 spiro atoms. The van der Waals surface area contributed by atoms with E-state index in [-0.39, 0.29) is 12.5 Å². The highest BCUT2D eigenvalue weighted by Crippen LogP contribution is 2.26. The molecule has 0 atom stereocenters. The second-order valence-electron chi connectivity index (χ2n) is 7.14. The van der Waals surface area contributed by atoms with Gasteiger partial charge in [0, 0.05) is 30.6 Å². The number of hydrogen-bond acceptors (Lipinski definition) is 4. The highest BCUT2D eigenvalue weighted by atomic mass is 32.1. The number of likely N-dealkylation sites (N-methyl/N-ethyl adjacent to an activating group) is 1. The normalized spacial score (nSPS) is 11.0. The second-order valence-corrected chi connectivity index (χ2v) is 8.05. The molecule has 30 heavy (non-hydrogen) atoms. The van der Waals surface area contributed by atoms with Crippen molar-refractivity contribution in [2.45, 2.75) is 19.6 Å². The molecule has 2 heterocycles. The predicted octanol–water partition coefficient (Wildman–Crippen LogP) is 2.93. The molecule has 152 valence electrons. The Hall–Kier alpha value is -3.45. The van der Waals surface area contributed by atoms with Gasteiger partial charge in [-0.15, -0.1) is 11.3 Å². The molecule has 2 aromatic heterocycles. The molecule has 0 aliphatic carbocycles. The fourth-order valence-corrected chi connectivity index (χ4v) is 4.31. The third-order valence-corrected chi connectivity index (χ3v) is 6.04. The van der Waals surface area contributed by atoms with Crippen LogP contribution >= 0.6 is 11.3 Å². The van der Waals surface area contributed by atoms with Gasteiger partial charge >= 0.3 is 5.69 Å². The van der Waals surface area contributed by atoms with Crippen LogP contribution in [-0.2, 0) is 24.4 Å². The summed E-state index contributed by atoms with van der Waals surface area (Å²) in [6.45, 7) is 0.472. The summed E-state index contributed by atoms with van der Waals surface area (Å²) in [5.74, 6) is -0.290. The van der Waals surface area contributed by atoms with E-state index in [2.05, 4.69) is 0 Å². The number of hydrogen-bond donors (Lipinski definition) is 0. The summed E-state index contributed by atoms with van der Waals surface area (Å²) in [7, 11) is 1.69. The van der Waals surface area contributed by atoms with Crippen molar-refractivity contribution in [1.29, 1.82) is 0 Å². The number of thiophene rings is 1. The topological polar surface area (TPSA) is 64.3 Å². The Labute approximate surface area is 177 Å². The summed E-state index contributed by atoms with van der Waals surface area (Å²) in [5.41, 5.74) is 1.02. The lowest BCUT2D eigenvalue weighted by atomic mass is 10.2. The average molecular weight is 420 g/mol. The molecule has 4 aromatic rings. The van der Waals surface area contributed by atoms with Crippen LogP contribution in [0, 0.1) is 0 Å². The van der Waals surface area contributed by atoms with Crippen LogP contribution in [-0.4, -0.2) is 27.0 Å². The van der Waals surface area contributed by atoms with Gasteiger partial charge in [-0.1, -0.05) is 48.5 Å². The molecule has 0 N–H and O–H groups in total. The van der Waals surface area contributed by atoms with Crippen LogP contribution in [0.4, 0.5) is 0 Å². The minimum Gasteiger partial charge on any atom is -0.340 e. The first-order valence-corrected chi connectivity index (χ1v) is 10.4. The molecule has 4 rings (SSSR count). The van der Waals surface area contributed by atoms with Crippen LogP contribution in [0.1, 0.15) is 11.1 Å². The molecule has 0 aliphatic rings. The van der Waals surface area contributed by atoms with Crippen LogP contribution in [0.5, 0.6) is 0 Å². The van der Waals surface area contributed by atoms with Crippen LogP contribution in [0.3, 0.4) is 0 Å². The maximum Gasteiger partial charge on any atom is 0.331 e. The van der Waals surface area contributed by atoms with E-state index in [9.17, 15) is 14.4 Å². The molecule has 1 amide bonds. The van der Waals surface area contributed by atoms with Gasteiger partial charge in [-0.05, 0) is 28.0 Å². The maximum absolute atomic E-state index is 12.8. The van der Waals surface area contributed by atoms with Gasteiger partial charge in [0.25, 0.3) is 5.56 Å². The first kappa shape index (κ1) is 19.8. The lowest BCUT2D eigenvalue weighted by Gasteiger charge is -2.18. The van der Waals surface area contributed by atoms with Crippen molar-refractivity contribution >= 4 is 27.3 Å². The Morgan fingerprint density at radius 3 is 2.53 bits per heavy atom. The molecule has 0 unspecified atom stereocenters. The van der Waals surface area contributed by atoms with Gasteiger partial charge in [0.15, 0.2) is 0 Å². The summed E-state index contributed by atoms with van der Waals surface area (Å²) in [6.07, 6.45) is 1.47. The van der Waals surface area contributed by atoms with E-state index in [0.717, 1.165) is 25.8 Å². The number of rotatable bonds is 6. The number of amides is 1. The second kappa shape index (κ2) is 8.51. The predicted molar refractivity (Wildman–Crippen MR) is 119 cm³/mol. The lowest BCUT2D eigenvalue weighted by Crippen LogP contribution is -2.43. The van der Waals surface area contributed by atoms with Crippen molar-refractivity contribution in [2.24, 2.45) is 0 Å². The lowest BCUT2D eigenvalue weighted by molar-refractivity contribution is -0.131. The van der Waals surface area contributed by atoms with Crippen LogP contribution in [0.2, 0.25) is 0 Å². The van der Waals surface area contributed by atoms with Crippen LogP contribution in [0.15, 0.2) is 81.8 Å². The molecule has 2 aromatic carbocycles. The van der Waals surface area contributed by atoms with E-state index < -0.39 is 11.2 Å². The molecular formula is C23H21N3O3S. The quantitative estimate of drug-likeness (QED) is 0.483. The van der Waals surface area contributed by atoms with E-state index in [0.29, 0.717) is 13.1 Å². The van der Waals surface area contributed by atoms with E-state index in [1.165, 1.54) is 16.8 Å². The zero-order valence-electron chi connectivity index (χ0n) is 16.5. The number of carbonyl (C=O) groups excluding carboxylic acids is 1. The molecule has 6 nitrogen and oxygen atoms in total. The number of benzene rings is 2. The van der Waals surface area contributed by atoms with E-state index in [4.69, 9.17) is 0 Å². The monoisotopic (exact) mass is 419 g/mol. The zero-order chi connectivity index (χ0) is 21.1. The number of fused-ring (bicyclic) bond motifs is 1. The van der Waals surface area contributed by atoms with Crippen LogP contribution in [0.25, 0.3) is 10.1 Å². The fourth-order valence-electron chi connectivity index (χ4n) is 3.36. The molecule has 0 bridgehead atoms. The van der Waals surface area contributed by atoms with Crippen molar-refractivity contribution in [3.63, 3.8) is 0 Å². The van der Waals surface area contributed by atoms with E-state index in [1.807, 2.05) is 60.0 Å². The molecule has 0 radical (unpaired) electrons.